The summed E-state index contributed by atoms with van der Waals surface area (Å²) in [6.45, 7) is 3.55. The standard InChI is InChI=1S/C25H36O5/c1-3-4-5-8-20(27)16-21(29-17(2)26)13-10-18-12-15-23(28)25-22(18)14-11-19-7-6-9-24(19)30-25/h11-12,14-15,19-21,24,27-28H,3-10,13,16H2,1-2H3/t19-,20-,21+,24-/m0/s1. The first kappa shape index (κ1) is 22.7. The highest BCUT2D eigenvalue weighted by Crippen LogP contribution is 2.42. The lowest BCUT2D eigenvalue weighted by Crippen LogP contribution is -2.24. The Morgan fingerprint density at radius 3 is 2.87 bits per heavy atom. The predicted octanol–water partition coefficient (Wildman–Crippen LogP) is 5.16. The zero-order chi connectivity index (χ0) is 21.5. The van der Waals surface area contributed by atoms with E-state index in [0.29, 0.717) is 30.9 Å². The number of esters is 1. The van der Waals surface area contributed by atoms with Crippen molar-refractivity contribution in [1.82, 2.24) is 0 Å². The van der Waals surface area contributed by atoms with E-state index in [-0.39, 0.29) is 23.9 Å². The van der Waals surface area contributed by atoms with Crippen LogP contribution in [0.2, 0.25) is 0 Å². The van der Waals surface area contributed by atoms with E-state index in [1.54, 1.807) is 6.07 Å². The second-order valence-electron chi connectivity index (χ2n) is 8.75. The lowest BCUT2D eigenvalue weighted by Gasteiger charge is -2.22. The summed E-state index contributed by atoms with van der Waals surface area (Å²) in [5.74, 6) is 0.827. The number of aromatic hydroxyl groups is 1. The minimum Gasteiger partial charge on any atom is -0.504 e. The molecule has 30 heavy (non-hydrogen) atoms. The third-order valence-electron chi connectivity index (χ3n) is 6.29. The first-order chi connectivity index (χ1) is 14.5. The fourth-order valence-corrected chi connectivity index (χ4v) is 4.67. The van der Waals surface area contributed by atoms with Crippen LogP contribution in [0.15, 0.2) is 18.2 Å². The average molecular weight is 417 g/mol. The molecule has 1 heterocycles. The molecule has 5 nitrogen and oxygen atoms in total. The highest BCUT2D eigenvalue weighted by Gasteiger charge is 2.31. The Bertz CT molecular complexity index is 741. The second kappa shape index (κ2) is 10.9. The number of phenols is 1. The van der Waals surface area contributed by atoms with Gasteiger partial charge in [-0.25, -0.2) is 0 Å². The number of aryl methyl sites for hydroxylation is 1. The van der Waals surface area contributed by atoms with E-state index in [1.165, 1.54) is 6.92 Å². The van der Waals surface area contributed by atoms with Gasteiger partial charge >= 0.3 is 5.97 Å². The number of fused-ring (bicyclic) bond motifs is 2. The Balaban J connectivity index is 1.68. The number of benzene rings is 1. The van der Waals surface area contributed by atoms with Crippen LogP contribution in [0.3, 0.4) is 0 Å². The van der Waals surface area contributed by atoms with Crippen molar-refractivity contribution in [3.63, 3.8) is 0 Å². The summed E-state index contributed by atoms with van der Waals surface area (Å²) >= 11 is 0. The van der Waals surface area contributed by atoms with Crippen molar-refractivity contribution in [2.45, 2.75) is 96.4 Å². The SMILES string of the molecule is CCCCC[C@H](O)C[C@@H](CCc1ccc(O)c2c1C=C[C@@H]1CCC[C@@H]1O2)OC(C)=O. The molecule has 1 fully saturated rings. The van der Waals surface area contributed by atoms with Gasteiger partial charge in [0.15, 0.2) is 11.5 Å². The quantitative estimate of drug-likeness (QED) is 0.407. The fourth-order valence-electron chi connectivity index (χ4n) is 4.67. The van der Waals surface area contributed by atoms with Crippen molar-refractivity contribution in [1.29, 1.82) is 0 Å². The summed E-state index contributed by atoms with van der Waals surface area (Å²) in [6, 6.07) is 3.61. The van der Waals surface area contributed by atoms with Crippen LogP contribution in [0.5, 0.6) is 11.5 Å². The van der Waals surface area contributed by atoms with Crippen molar-refractivity contribution in [2.24, 2.45) is 5.92 Å². The van der Waals surface area contributed by atoms with Gasteiger partial charge in [0.05, 0.1) is 6.10 Å². The molecule has 0 unspecified atom stereocenters. The Kier molecular flexibility index (Phi) is 8.20. The van der Waals surface area contributed by atoms with Gasteiger partial charge in [-0.05, 0) is 50.2 Å². The van der Waals surface area contributed by atoms with Crippen molar-refractivity contribution in [2.75, 3.05) is 0 Å². The Labute approximate surface area is 180 Å². The van der Waals surface area contributed by atoms with Crippen molar-refractivity contribution in [3.05, 3.63) is 29.3 Å². The first-order valence-corrected chi connectivity index (χ1v) is 11.5. The molecule has 3 rings (SSSR count). The molecule has 0 amide bonds. The maximum absolute atomic E-state index is 11.6. The minimum atomic E-state index is -0.458. The maximum Gasteiger partial charge on any atom is 0.302 e. The van der Waals surface area contributed by atoms with Crippen LogP contribution in [0, 0.1) is 5.92 Å². The smallest absolute Gasteiger partial charge is 0.302 e. The lowest BCUT2D eigenvalue weighted by atomic mass is 9.96. The van der Waals surface area contributed by atoms with Crippen LogP contribution < -0.4 is 4.74 Å². The van der Waals surface area contributed by atoms with E-state index in [0.717, 1.165) is 56.1 Å². The van der Waals surface area contributed by atoms with Gasteiger partial charge < -0.3 is 19.7 Å². The van der Waals surface area contributed by atoms with Crippen molar-refractivity contribution >= 4 is 12.0 Å². The number of hydrogen-bond donors (Lipinski definition) is 2. The highest BCUT2D eigenvalue weighted by atomic mass is 16.5. The summed E-state index contributed by atoms with van der Waals surface area (Å²) in [5, 5.41) is 20.7. The molecule has 166 valence electrons. The number of rotatable bonds is 10. The molecule has 0 radical (unpaired) electrons. The molecule has 4 atom stereocenters. The van der Waals surface area contributed by atoms with Crippen LogP contribution in [-0.4, -0.2) is 34.5 Å². The monoisotopic (exact) mass is 416 g/mol. The molecule has 1 saturated carbocycles. The molecule has 0 saturated heterocycles. The second-order valence-corrected chi connectivity index (χ2v) is 8.75. The van der Waals surface area contributed by atoms with E-state index in [1.807, 2.05) is 6.07 Å². The van der Waals surface area contributed by atoms with Crippen LogP contribution >= 0.6 is 0 Å². The number of unbranched alkanes of at least 4 members (excludes halogenated alkanes) is 2. The zero-order valence-corrected chi connectivity index (χ0v) is 18.3. The molecule has 0 aromatic heterocycles. The van der Waals surface area contributed by atoms with Crippen LogP contribution in [-0.2, 0) is 16.0 Å². The first-order valence-electron chi connectivity index (χ1n) is 11.5. The van der Waals surface area contributed by atoms with Crippen LogP contribution in [0.1, 0.15) is 82.8 Å². The molecule has 0 spiro atoms. The number of aliphatic hydroxyl groups excluding tert-OH is 1. The molecule has 1 aromatic rings. The third kappa shape index (κ3) is 6.00. The number of ether oxygens (including phenoxy) is 2. The molecule has 5 heteroatoms. The molecule has 1 aliphatic carbocycles. The Morgan fingerprint density at radius 1 is 1.27 bits per heavy atom. The van der Waals surface area contributed by atoms with Gasteiger partial charge in [-0.1, -0.05) is 44.4 Å². The third-order valence-corrected chi connectivity index (χ3v) is 6.29. The van der Waals surface area contributed by atoms with Gasteiger partial charge in [-0.3, -0.25) is 4.79 Å². The van der Waals surface area contributed by atoms with E-state index < -0.39 is 6.10 Å². The van der Waals surface area contributed by atoms with Crippen molar-refractivity contribution < 1.29 is 24.5 Å². The van der Waals surface area contributed by atoms with E-state index in [9.17, 15) is 15.0 Å². The highest BCUT2D eigenvalue weighted by molar-refractivity contribution is 5.67. The van der Waals surface area contributed by atoms with E-state index in [4.69, 9.17) is 9.47 Å². The van der Waals surface area contributed by atoms with Crippen molar-refractivity contribution in [3.8, 4) is 11.5 Å². The zero-order valence-electron chi connectivity index (χ0n) is 18.3. The summed E-state index contributed by atoms with van der Waals surface area (Å²) in [6.07, 6.45) is 12.7. The van der Waals surface area contributed by atoms with Gasteiger partial charge in [-0.15, -0.1) is 0 Å². The van der Waals surface area contributed by atoms with Gasteiger partial charge in [0.1, 0.15) is 12.2 Å². The van der Waals surface area contributed by atoms with E-state index >= 15 is 0 Å². The lowest BCUT2D eigenvalue weighted by molar-refractivity contribution is -0.148. The van der Waals surface area contributed by atoms with Gasteiger partial charge in [0.2, 0.25) is 0 Å². The van der Waals surface area contributed by atoms with Crippen LogP contribution in [0.4, 0.5) is 0 Å². The molecule has 0 bridgehead atoms. The summed E-state index contributed by atoms with van der Waals surface area (Å²) in [4.78, 5) is 11.6. The van der Waals surface area contributed by atoms with Crippen LogP contribution in [0.25, 0.3) is 6.08 Å². The average Bonchev–Trinajstić information content (AvgIpc) is 3.06. The maximum atomic E-state index is 11.6. The largest absolute Gasteiger partial charge is 0.504 e. The predicted molar refractivity (Wildman–Crippen MR) is 118 cm³/mol. The minimum absolute atomic E-state index is 0.135. The number of phenolic OH excluding ortho intramolecular Hbond substituents is 1. The molecule has 2 N–H and O–H groups in total. The normalized spacial score (nSPS) is 21.8. The Hall–Kier alpha value is -2.01. The number of carbonyl (C=O) groups excluding carboxylic acids is 1. The topological polar surface area (TPSA) is 76.0 Å². The van der Waals surface area contributed by atoms with Gasteiger partial charge in [-0.2, -0.15) is 0 Å². The summed E-state index contributed by atoms with van der Waals surface area (Å²) < 4.78 is 11.7. The molecular weight excluding hydrogens is 380 g/mol. The van der Waals surface area contributed by atoms with E-state index in [2.05, 4.69) is 19.1 Å². The fraction of sp³-hybridized carbons (Fsp3) is 0.640. The Morgan fingerprint density at radius 2 is 2.10 bits per heavy atom. The van der Waals surface area contributed by atoms with Gasteiger partial charge in [0.25, 0.3) is 0 Å². The van der Waals surface area contributed by atoms with Gasteiger partial charge in [0, 0.05) is 24.8 Å². The molecule has 1 aliphatic heterocycles. The summed E-state index contributed by atoms with van der Waals surface area (Å²) in [7, 11) is 0. The number of aliphatic hydroxyl groups is 1. The molecular formula is C25H36O5. The number of hydrogen-bond acceptors (Lipinski definition) is 5. The molecule has 1 aromatic carbocycles. The number of carbonyl (C=O) groups is 1. The summed E-state index contributed by atoms with van der Waals surface area (Å²) in [5.41, 5.74) is 1.99. The molecule has 2 aliphatic rings.